The predicted molar refractivity (Wildman–Crippen MR) is 85.1 cm³/mol. The summed E-state index contributed by atoms with van der Waals surface area (Å²) in [5.74, 6) is -0.244. The molecular formula is C14H23N3O3S. The Bertz CT molecular complexity index is 624. The zero-order chi connectivity index (χ0) is 16.3. The predicted octanol–water partition coefficient (Wildman–Crippen LogP) is 1.09. The van der Waals surface area contributed by atoms with E-state index in [1.54, 1.807) is 27.0 Å². The van der Waals surface area contributed by atoms with Crippen LogP contribution in [0.4, 0.5) is 5.69 Å². The van der Waals surface area contributed by atoms with Crippen LogP contribution >= 0.6 is 0 Å². The third-order valence-corrected chi connectivity index (χ3v) is 3.76. The Morgan fingerprint density at radius 1 is 1.29 bits per heavy atom. The van der Waals surface area contributed by atoms with Crippen LogP contribution in [0.25, 0.3) is 0 Å². The molecule has 0 saturated carbocycles. The molecule has 1 aromatic rings. The van der Waals surface area contributed by atoms with Crippen LogP contribution in [-0.2, 0) is 10.0 Å². The monoisotopic (exact) mass is 313 g/mol. The minimum Gasteiger partial charge on any atom is -0.387 e. The third kappa shape index (κ3) is 5.73. The van der Waals surface area contributed by atoms with Crippen LogP contribution < -0.4 is 15.4 Å². The summed E-state index contributed by atoms with van der Waals surface area (Å²) in [7, 11) is -1.58. The number of amides is 1. The molecule has 1 rings (SSSR count). The molecule has 1 amide bonds. The van der Waals surface area contributed by atoms with E-state index in [4.69, 9.17) is 0 Å². The van der Waals surface area contributed by atoms with Gasteiger partial charge in [0.2, 0.25) is 10.0 Å². The van der Waals surface area contributed by atoms with E-state index in [1.807, 2.05) is 19.1 Å². The summed E-state index contributed by atoms with van der Waals surface area (Å²) in [4.78, 5) is 12.3. The number of hydrogen-bond donors (Lipinski definition) is 3. The highest BCUT2D eigenvalue weighted by Gasteiger charge is 2.23. The summed E-state index contributed by atoms with van der Waals surface area (Å²) < 4.78 is 25.0. The zero-order valence-corrected chi connectivity index (χ0v) is 13.9. The number of aryl methyl sites for hydroxylation is 1. The second-order valence-corrected chi connectivity index (χ2v) is 7.49. The van der Waals surface area contributed by atoms with Crippen molar-refractivity contribution < 1.29 is 13.2 Å². The van der Waals surface area contributed by atoms with Crippen molar-refractivity contribution in [3.05, 3.63) is 29.3 Å². The Labute approximate surface area is 126 Å². The number of carbonyl (C=O) groups excluding carboxylic acids is 1. The molecule has 0 aromatic heterocycles. The SMILES string of the molecule is CNc1ccc(C)cc1C(=O)NCC(C)(C)NS(C)(=O)=O. The zero-order valence-electron chi connectivity index (χ0n) is 13.1. The van der Waals surface area contributed by atoms with Crippen LogP contribution in [0.15, 0.2) is 18.2 Å². The molecule has 0 aliphatic rings. The lowest BCUT2D eigenvalue weighted by Crippen LogP contribution is -2.51. The van der Waals surface area contributed by atoms with Gasteiger partial charge in [-0.05, 0) is 32.9 Å². The molecule has 0 atom stereocenters. The summed E-state index contributed by atoms with van der Waals surface area (Å²) in [6.45, 7) is 5.52. The van der Waals surface area contributed by atoms with Gasteiger partial charge in [-0.15, -0.1) is 0 Å². The Morgan fingerprint density at radius 3 is 2.43 bits per heavy atom. The van der Waals surface area contributed by atoms with E-state index in [2.05, 4.69) is 15.4 Å². The fourth-order valence-electron chi connectivity index (χ4n) is 2.00. The first-order chi connectivity index (χ1) is 9.54. The van der Waals surface area contributed by atoms with Gasteiger partial charge in [0.05, 0.1) is 11.8 Å². The topological polar surface area (TPSA) is 87.3 Å². The first kappa shape index (κ1) is 17.5. The standard InChI is InChI=1S/C14H23N3O3S/c1-10-6-7-12(15-4)11(8-10)13(18)16-9-14(2,3)17-21(5,19)20/h6-8,15,17H,9H2,1-5H3,(H,16,18). The first-order valence-electron chi connectivity index (χ1n) is 6.59. The maximum absolute atomic E-state index is 12.3. The van der Waals surface area contributed by atoms with Gasteiger partial charge in [0.15, 0.2) is 0 Å². The molecule has 0 aliphatic carbocycles. The molecule has 0 saturated heterocycles. The van der Waals surface area contributed by atoms with E-state index >= 15 is 0 Å². The molecule has 7 heteroatoms. The average Bonchev–Trinajstić information content (AvgIpc) is 2.33. The normalized spacial score (nSPS) is 12.0. The van der Waals surface area contributed by atoms with Crippen LogP contribution in [0.1, 0.15) is 29.8 Å². The van der Waals surface area contributed by atoms with Gasteiger partial charge in [-0.1, -0.05) is 11.6 Å². The Hall–Kier alpha value is -1.60. The van der Waals surface area contributed by atoms with Crippen LogP contribution in [0, 0.1) is 6.92 Å². The maximum atomic E-state index is 12.3. The van der Waals surface area contributed by atoms with E-state index in [9.17, 15) is 13.2 Å². The number of anilines is 1. The molecule has 0 fully saturated rings. The van der Waals surface area contributed by atoms with E-state index in [1.165, 1.54) is 0 Å². The highest BCUT2D eigenvalue weighted by molar-refractivity contribution is 7.88. The molecule has 21 heavy (non-hydrogen) atoms. The highest BCUT2D eigenvalue weighted by Crippen LogP contribution is 2.17. The van der Waals surface area contributed by atoms with Crippen molar-refractivity contribution in [3.8, 4) is 0 Å². The van der Waals surface area contributed by atoms with E-state index in [0.717, 1.165) is 17.5 Å². The number of rotatable bonds is 6. The summed E-state index contributed by atoms with van der Waals surface area (Å²) in [5.41, 5.74) is 1.49. The van der Waals surface area contributed by atoms with Gasteiger partial charge in [-0.2, -0.15) is 0 Å². The Balaban J connectivity index is 2.81. The first-order valence-corrected chi connectivity index (χ1v) is 8.49. The molecular weight excluding hydrogens is 290 g/mol. The van der Waals surface area contributed by atoms with Crippen LogP contribution in [0.3, 0.4) is 0 Å². The molecule has 118 valence electrons. The molecule has 0 bridgehead atoms. The molecule has 0 spiro atoms. The molecule has 0 aliphatic heterocycles. The van der Waals surface area contributed by atoms with E-state index in [-0.39, 0.29) is 12.5 Å². The Morgan fingerprint density at radius 2 is 1.90 bits per heavy atom. The second-order valence-electron chi connectivity index (χ2n) is 5.74. The number of hydrogen-bond acceptors (Lipinski definition) is 4. The summed E-state index contributed by atoms with van der Waals surface area (Å²) >= 11 is 0. The lowest BCUT2D eigenvalue weighted by Gasteiger charge is -2.25. The minimum absolute atomic E-state index is 0.190. The third-order valence-electron chi connectivity index (χ3n) is 2.84. The summed E-state index contributed by atoms with van der Waals surface area (Å²) in [5, 5.41) is 5.72. The van der Waals surface area contributed by atoms with Gasteiger partial charge in [0, 0.05) is 24.8 Å². The van der Waals surface area contributed by atoms with Crippen LogP contribution in [0.5, 0.6) is 0 Å². The van der Waals surface area contributed by atoms with Crippen molar-refractivity contribution in [1.29, 1.82) is 0 Å². The molecule has 0 unspecified atom stereocenters. The smallest absolute Gasteiger partial charge is 0.253 e. The van der Waals surface area contributed by atoms with Crippen molar-refractivity contribution in [2.24, 2.45) is 0 Å². The largest absolute Gasteiger partial charge is 0.387 e. The molecule has 1 aromatic carbocycles. The van der Waals surface area contributed by atoms with Gasteiger partial charge in [0.25, 0.3) is 5.91 Å². The van der Waals surface area contributed by atoms with Crippen molar-refractivity contribution in [1.82, 2.24) is 10.0 Å². The number of nitrogens with one attached hydrogen (secondary N) is 3. The van der Waals surface area contributed by atoms with Crippen LogP contribution in [-0.4, -0.2) is 39.7 Å². The van der Waals surface area contributed by atoms with Gasteiger partial charge in [-0.3, -0.25) is 4.79 Å². The van der Waals surface area contributed by atoms with Crippen LogP contribution in [0.2, 0.25) is 0 Å². The fraction of sp³-hybridized carbons (Fsp3) is 0.500. The van der Waals surface area contributed by atoms with E-state index < -0.39 is 15.6 Å². The van der Waals surface area contributed by atoms with Crippen molar-refractivity contribution in [2.75, 3.05) is 25.2 Å². The van der Waals surface area contributed by atoms with Gasteiger partial charge in [-0.25, -0.2) is 13.1 Å². The fourth-order valence-corrected chi connectivity index (χ4v) is 3.07. The van der Waals surface area contributed by atoms with E-state index in [0.29, 0.717) is 5.56 Å². The second kappa shape index (κ2) is 6.44. The molecule has 0 heterocycles. The van der Waals surface area contributed by atoms with Crippen molar-refractivity contribution in [3.63, 3.8) is 0 Å². The lowest BCUT2D eigenvalue weighted by atomic mass is 10.1. The number of sulfonamides is 1. The molecule has 0 radical (unpaired) electrons. The van der Waals surface area contributed by atoms with Gasteiger partial charge < -0.3 is 10.6 Å². The average molecular weight is 313 g/mol. The number of benzene rings is 1. The molecule has 3 N–H and O–H groups in total. The summed E-state index contributed by atoms with van der Waals surface area (Å²) in [6, 6.07) is 5.54. The lowest BCUT2D eigenvalue weighted by molar-refractivity contribution is 0.0945. The maximum Gasteiger partial charge on any atom is 0.253 e. The number of carbonyl (C=O) groups is 1. The van der Waals surface area contributed by atoms with Gasteiger partial charge in [0.1, 0.15) is 0 Å². The quantitative estimate of drug-likeness (QED) is 0.734. The van der Waals surface area contributed by atoms with Crippen molar-refractivity contribution in [2.45, 2.75) is 26.3 Å². The molecule has 6 nitrogen and oxygen atoms in total. The van der Waals surface area contributed by atoms with Crippen molar-refractivity contribution >= 4 is 21.6 Å². The minimum atomic E-state index is -3.33. The summed E-state index contributed by atoms with van der Waals surface area (Å²) in [6.07, 6.45) is 1.09. The highest BCUT2D eigenvalue weighted by atomic mass is 32.2. The Kier molecular flexibility index (Phi) is 5.36. The van der Waals surface area contributed by atoms with Gasteiger partial charge >= 0.3 is 0 Å².